The van der Waals surface area contributed by atoms with E-state index in [9.17, 15) is 17.6 Å². The van der Waals surface area contributed by atoms with Gasteiger partial charge in [0.25, 0.3) is 0 Å². The molecule has 1 aliphatic rings. The summed E-state index contributed by atoms with van der Waals surface area (Å²) < 4.78 is 48.2. The first-order chi connectivity index (χ1) is 12.9. The van der Waals surface area contributed by atoms with E-state index in [0.29, 0.717) is 16.8 Å². The van der Waals surface area contributed by atoms with E-state index in [1.165, 1.54) is 16.4 Å². The van der Waals surface area contributed by atoms with Crippen LogP contribution in [-0.4, -0.2) is 44.1 Å². The molecule has 1 saturated heterocycles. The number of halogens is 1. The monoisotopic (exact) mass is 415 g/mol. The van der Waals surface area contributed by atoms with E-state index in [2.05, 4.69) is 10.0 Å². The number of ether oxygens (including phenoxy) is 1. The van der Waals surface area contributed by atoms with Crippen molar-refractivity contribution >= 4 is 21.9 Å². The van der Waals surface area contributed by atoms with Gasteiger partial charge >= 0.3 is 16.2 Å². The molecule has 2 unspecified atom stereocenters. The van der Waals surface area contributed by atoms with E-state index in [1.54, 1.807) is 13.8 Å². The molecule has 7 nitrogen and oxygen atoms in total. The highest BCUT2D eigenvalue weighted by Crippen LogP contribution is 2.33. The predicted octanol–water partition coefficient (Wildman–Crippen LogP) is 3.55. The second kappa shape index (κ2) is 8.75. The van der Waals surface area contributed by atoms with Gasteiger partial charge in [0, 0.05) is 17.8 Å². The van der Waals surface area contributed by atoms with E-state index >= 15 is 0 Å². The van der Waals surface area contributed by atoms with Crippen LogP contribution in [0.3, 0.4) is 0 Å². The van der Waals surface area contributed by atoms with Crippen molar-refractivity contribution in [3.8, 4) is 0 Å². The summed E-state index contributed by atoms with van der Waals surface area (Å²) in [7, 11) is -4.06. The van der Waals surface area contributed by atoms with Crippen LogP contribution < -0.4 is 10.0 Å². The smallest absolute Gasteiger partial charge is 0.333 e. The van der Waals surface area contributed by atoms with Gasteiger partial charge in [-0.1, -0.05) is 27.7 Å². The maximum atomic E-state index is 14.0. The third-order valence-corrected chi connectivity index (χ3v) is 6.45. The van der Waals surface area contributed by atoms with Crippen molar-refractivity contribution in [2.24, 2.45) is 0 Å². The van der Waals surface area contributed by atoms with Crippen LogP contribution >= 0.6 is 0 Å². The van der Waals surface area contributed by atoms with Gasteiger partial charge in [-0.25, -0.2) is 13.9 Å². The third-order valence-electron chi connectivity index (χ3n) is 4.73. The maximum absolute atomic E-state index is 14.0. The van der Waals surface area contributed by atoms with E-state index in [-0.39, 0.29) is 30.9 Å². The standard InChI is InChI=1S/C19H30FN3O4S/c1-11(2)16-7-15(20)8-17(12(3)4)18(16)21-19(24)22-28(25,26)23-13(5)9-27-10-14(23)6/h7-8,11-14H,9-10H2,1-6H3,(H2,21,22,24). The fourth-order valence-electron chi connectivity index (χ4n) is 3.48. The molecule has 2 rings (SSSR count). The van der Waals surface area contributed by atoms with Crippen molar-refractivity contribution in [3.63, 3.8) is 0 Å². The molecule has 1 aromatic carbocycles. The number of hydrogen-bond acceptors (Lipinski definition) is 4. The molecule has 0 bridgehead atoms. The lowest BCUT2D eigenvalue weighted by molar-refractivity contribution is 0.00598. The van der Waals surface area contributed by atoms with Crippen molar-refractivity contribution in [2.75, 3.05) is 18.5 Å². The molecule has 1 aromatic rings. The van der Waals surface area contributed by atoms with E-state index < -0.39 is 28.3 Å². The number of rotatable bonds is 5. The first-order valence-electron chi connectivity index (χ1n) is 9.47. The molecule has 0 saturated carbocycles. The number of nitrogens with one attached hydrogen (secondary N) is 2. The number of morpholine rings is 1. The quantitative estimate of drug-likeness (QED) is 0.770. The Hall–Kier alpha value is -1.71. The zero-order valence-electron chi connectivity index (χ0n) is 17.2. The Morgan fingerprint density at radius 3 is 2.00 bits per heavy atom. The summed E-state index contributed by atoms with van der Waals surface area (Å²) in [4.78, 5) is 12.6. The molecule has 0 aromatic heterocycles. The summed E-state index contributed by atoms with van der Waals surface area (Å²) in [5.74, 6) is -0.499. The van der Waals surface area contributed by atoms with Gasteiger partial charge in [-0.05, 0) is 48.9 Å². The van der Waals surface area contributed by atoms with Crippen molar-refractivity contribution in [1.82, 2.24) is 9.03 Å². The average Bonchev–Trinajstić information content (AvgIpc) is 2.54. The number of carbonyl (C=O) groups is 1. The van der Waals surface area contributed by atoms with Crippen LogP contribution in [0.4, 0.5) is 14.9 Å². The Labute approximate surface area is 166 Å². The molecule has 1 aliphatic heterocycles. The van der Waals surface area contributed by atoms with Crippen LogP contribution in [0.1, 0.15) is 64.5 Å². The second-order valence-electron chi connectivity index (χ2n) is 7.90. The maximum Gasteiger partial charge on any atom is 0.333 e. The van der Waals surface area contributed by atoms with Crippen LogP contribution in [0, 0.1) is 5.82 Å². The summed E-state index contributed by atoms with van der Waals surface area (Å²) in [6, 6.07) is 1.08. The van der Waals surface area contributed by atoms with Gasteiger partial charge in [-0.3, -0.25) is 0 Å². The van der Waals surface area contributed by atoms with Crippen molar-refractivity contribution < 1.29 is 22.3 Å². The topological polar surface area (TPSA) is 87.7 Å². The number of amides is 2. The van der Waals surface area contributed by atoms with Crippen LogP contribution in [0.2, 0.25) is 0 Å². The highest BCUT2D eigenvalue weighted by Gasteiger charge is 2.36. The summed E-state index contributed by atoms with van der Waals surface area (Å²) in [6.07, 6.45) is 0. The van der Waals surface area contributed by atoms with Gasteiger partial charge in [-0.15, -0.1) is 0 Å². The second-order valence-corrected chi connectivity index (χ2v) is 9.47. The van der Waals surface area contributed by atoms with E-state index in [0.717, 1.165) is 0 Å². The molecule has 0 spiro atoms. The largest absolute Gasteiger partial charge is 0.378 e. The molecule has 9 heteroatoms. The van der Waals surface area contributed by atoms with Crippen LogP contribution in [0.5, 0.6) is 0 Å². The predicted molar refractivity (Wildman–Crippen MR) is 107 cm³/mol. The van der Waals surface area contributed by atoms with Crippen molar-refractivity contribution in [3.05, 3.63) is 29.1 Å². The summed E-state index contributed by atoms with van der Waals surface area (Å²) in [6.45, 7) is 11.5. The molecule has 0 aliphatic carbocycles. The Balaban J connectivity index is 2.30. The number of anilines is 1. The molecule has 2 atom stereocenters. The molecule has 2 amide bonds. The molecule has 1 fully saturated rings. The fourth-order valence-corrected chi connectivity index (χ4v) is 4.94. The zero-order valence-corrected chi connectivity index (χ0v) is 18.1. The summed E-state index contributed by atoms with van der Waals surface area (Å²) in [5.41, 5.74) is 1.68. The van der Waals surface area contributed by atoms with Crippen molar-refractivity contribution in [1.29, 1.82) is 0 Å². The van der Waals surface area contributed by atoms with Gasteiger partial charge in [0.1, 0.15) is 5.82 Å². The summed E-state index contributed by atoms with van der Waals surface area (Å²) in [5, 5.41) is 2.64. The molecule has 0 radical (unpaired) electrons. The Morgan fingerprint density at radius 1 is 1.11 bits per heavy atom. The van der Waals surface area contributed by atoms with Gasteiger partial charge in [0.15, 0.2) is 0 Å². The Morgan fingerprint density at radius 2 is 1.57 bits per heavy atom. The molecule has 158 valence electrons. The minimum atomic E-state index is -4.06. The van der Waals surface area contributed by atoms with Crippen molar-refractivity contribution in [2.45, 2.75) is 65.5 Å². The lowest BCUT2D eigenvalue weighted by atomic mass is 9.92. The normalized spacial score (nSPS) is 21.2. The van der Waals surface area contributed by atoms with Crippen LogP contribution in [0.25, 0.3) is 0 Å². The van der Waals surface area contributed by atoms with Gasteiger partial charge in [0.05, 0.1) is 13.2 Å². The van der Waals surface area contributed by atoms with Gasteiger partial charge < -0.3 is 10.1 Å². The number of nitrogens with zero attached hydrogens (tertiary/aromatic N) is 1. The fraction of sp³-hybridized carbons (Fsp3) is 0.632. The van der Waals surface area contributed by atoms with Crippen LogP contribution in [0.15, 0.2) is 12.1 Å². The molecular formula is C19H30FN3O4S. The van der Waals surface area contributed by atoms with Gasteiger partial charge in [0.2, 0.25) is 0 Å². The number of carbonyl (C=O) groups excluding carboxylic acids is 1. The minimum Gasteiger partial charge on any atom is -0.378 e. The number of hydrogen-bond donors (Lipinski definition) is 2. The third kappa shape index (κ3) is 5.01. The Bertz CT molecular complexity index is 787. The van der Waals surface area contributed by atoms with E-state index in [4.69, 9.17) is 4.74 Å². The van der Waals surface area contributed by atoms with Crippen LogP contribution in [-0.2, 0) is 14.9 Å². The van der Waals surface area contributed by atoms with E-state index in [1.807, 2.05) is 27.7 Å². The first-order valence-corrected chi connectivity index (χ1v) is 10.9. The summed E-state index contributed by atoms with van der Waals surface area (Å²) >= 11 is 0. The number of benzene rings is 1. The molecule has 28 heavy (non-hydrogen) atoms. The highest BCUT2D eigenvalue weighted by molar-refractivity contribution is 7.87. The first kappa shape index (κ1) is 22.6. The zero-order chi connectivity index (χ0) is 21.2. The lowest BCUT2D eigenvalue weighted by Gasteiger charge is -2.37. The van der Waals surface area contributed by atoms with Gasteiger partial charge in [-0.2, -0.15) is 12.7 Å². The minimum absolute atomic E-state index is 0.0561. The molecular weight excluding hydrogens is 385 g/mol. The SMILES string of the molecule is CC(C)c1cc(F)cc(C(C)C)c1NC(=O)NS(=O)(=O)N1C(C)COCC1C. The average molecular weight is 416 g/mol. The molecule has 2 N–H and O–H groups in total. The Kier molecular flexibility index (Phi) is 7.06. The lowest BCUT2D eigenvalue weighted by Crippen LogP contribution is -2.57. The molecule has 1 heterocycles. The highest BCUT2D eigenvalue weighted by atomic mass is 32.2. The number of urea groups is 1.